The zero-order valence-electron chi connectivity index (χ0n) is 9.84. The van der Waals surface area contributed by atoms with Crippen LogP contribution >= 0.6 is 0 Å². The summed E-state index contributed by atoms with van der Waals surface area (Å²) in [5, 5.41) is 9.43. The van der Waals surface area contributed by atoms with Crippen molar-refractivity contribution < 1.29 is 9.52 Å². The fourth-order valence-corrected chi connectivity index (χ4v) is 2.51. The highest BCUT2D eigenvalue weighted by Crippen LogP contribution is 2.30. The van der Waals surface area contributed by atoms with Crippen LogP contribution < -0.4 is 4.90 Å². The number of fused-ring (bicyclic) bond motifs is 1. The molecule has 1 aliphatic heterocycles. The molecule has 2 atom stereocenters. The first-order valence-corrected chi connectivity index (χ1v) is 6.02. The first kappa shape index (κ1) is 10.6. The van der Waals surface area contributed by atoms with E-state index in [9.17, 15) is 5.11 Å². The maximum absolute atomic E-state index is 9.43. The third-order valence-electron chi connectivity index (χ3n) is 3.60. The first-order valence-electron chi connectivity index (χ1n) is 6.02. The summed E-state index contributed by atoms with van der Waals surface area (Å²) in [6.45, 7) is 3.21. The molecule has 1 aliphatic rings. The molecule has 1 saturated heterocycles. The summed E-state index contributed by atoms with van der Waals surface area (Å²) in [5.41, 5.74) is 1.68. The molecule has 1 fully saturated rings. The van der Waals surface area contributed by atoms with Crippen molar-refractivity contribution in [1.82, 2.24) is 4.98 Å². The monoisotopic (exact) mass is 232 g/mol. The number of aromatic nitrogens is 1. The lowest BCUT2D eigenvalue weighted by molar-refractivity contribution is 0.242. The Bertz CT molecular complexity index is 490. The van der Waals surface area contributed by atoms with Crippen molar-refractivity contribution in [2.45, 2.75) is 19.4 Å². The second kappa shape index (κ2) is 4.04. The van der Waals surface area contributed by atoms with Gasteiger partial charge in [0, 0.05) is 6.54 Å². The molecule has 1 aromatic heterocycles. The smallest absolute Gasteiger partial charge is 0.298 e. The molecule has 17 heavy (non-hydrogen) atoms. The van der Waals surface area contributed by atoms with Crippen molar-refractivity contribution >= 4 is 17.1 Å². The number of nitrogens with zero attached hydrogens (tertiary/aromatic N) is 2. The van der Waals surface area contributed by atoms with Crippen LogP contribution in [0.1, 0.15) is 13.3 Å². The fraction of sp³-hybridized carbons (Fsp3) is 0.462. The Morgan fingerprint density at radius 3 is 3.06 bits per heavy atom. The molecule has 4 heteroatoms. The molecule has 2 aromatic rings. The number of aliphatic hydroxyl groups excluding tert-OH is 1. The number of rotatable bonds is 2. The Labute approximate surface area is 99.9 Å². The molecule has 3 rings (SSSR count). The highest BCUT2D eigenvalue weighted by molar-refractivity contribution is 5.74. The van der Waals surface area contributed by atoms with Crippen LogP contribution in [0.25, 0.3) is 11.1 Å². The van der Waals surface area contributed by atoms with E-state index in [2.05, 4.69) is 16.8 Å². The van der Waals surface area contributed by atoms with Crippen LogP contribution in [-0.2, 0) is 0 Å². The van der Waals surface area contributed by atoms with E-state index >= 15 is 0 Å². The Balaban J connectivity index is 1.98. The van der Waals surface area contributed by atoms with Gasteiger partial charge in [-0.25, -0.2) is 0 Å². The number of para-hydroxylation sites is 2. The maximum atomic E-state index is 9.43. The second-order valence-electron chi connectivity index (χ2n) is 4.67. The summed E-state index contributed by atoms with van der Waals surface area (Å²) >= 11 is 0. The molecule has 0 saturated carbocycles. The standard InChI is InChI=1S/C13H16N2O2/c1-9-6-7-15(11(9)8-16)13-14-10-4-2-3-5-12(10)17-13/h2-5,9,11,16H,6-8H2,1H3. The average Bonchev–Trinajstić information content (AvgIpc) is 2.91. The third-order valence-corrected chi connectivity index (χ3v) is 3.60. The van der Waals surface area contributed by atoms with E-state index in [-0.39, 0.29) is 12.6 Å². The highest BCUT2D eigenvalue weighted by atomic mass is 16.4. The van der Waals surface area contributed by atoms with Crippen LogP contribution in [0.3, 0.4) is 0 Å². The minimum atomic E-state index is 0.128. The quantitative estimate of drug-likeness (QED) is 0.860. The molecular formula is C13H16N2O2. The third kappa shape index (κ3) is 1.69. The lowest BCUT2D eigenvalue weighted by atomic mass is 10.0. The Kier molecular flexibility index (Phi) is 2.52. The van der Waals surface area contributed by atoms with Gasteiger partial charge in [0.1, 0.15) is 5.52 Å². The van der Waals surface area contributed by atoms with E-state index < -0.39 is 0 Å². The molecule has 4 nitrogen and oxygen atoms in total. The van der Waals surface area contributed by atoms with Crippen molar-refractivity contribution in [3.05, 3.63) is 24.3 Å². The van der Waals surface area contributed by atoms with Gasteiger partial charge in [0.25, 0.3) is 6.01 Å². The molecule has 1 N–H and O–H groups in total. The molecule has 90 valence electrons. The van der Waals surface area contributed by atoms with Crippen molar-refractivity contribution in [2.75, 3.05) is 18.1 Å². The summed E-state index contributed by atoms with van der Waals surface area (Å²) in [6.07, 6.45) is 1.07. The normalized spacial score (nSPS) is 24.7. The van der Waals surface area contributed by atoms with Crippen LogP contribution in [0.15, 0.2) is 28.7 Å². The summed E-state index contributed by atoms with van der Waals surface area (Å²) in [5.74, 6) is 0.481. The molecule has 0 spiro atoms. The molecule has 0 amide bonds. The predicted octanol–water partition coefficient (Wildman–Crippen LogP) is 2.03. The molecule has 2 unspecified atom stereocenters. The number of anilines is 1. The van der Waals surface area contributed by atoms with E-state index in [1.165, 1.54) is 0 Å². The number of oxazole rings is 1. The summed E-state index contributed by atoms with van der Waals surface area (Å²) in [7, 11) is 0. The van der Waals surface area contributed by atoms with E-state index in [1.54, 1.807) is 0 Å². The van der Waals surface area contributed by atoms with Crippen LogP contribution in [-0.4, -0.2) is 29.3 Å². The lowest BCUT2D eigenvalue weighted by Crippen LogP contribution is -2.35. The first-order chi connectivity index (χ1) is 8.29. The SMILES string of the molecule is CC1CCN(c2nc3ccccc3o2)C1CO. The fourth-order valence-electron chi connectivity index (χ4n) is 2.51. The number of hydrogen-bond acceptors (Lipinski definition) is 4. The molecule has 0 radical (unpaired) electrons. The van der Waals surface area contributed by atoms with Crippen molar-refractivity contribution in [1.29, 1.82) is 0 Å². The van der Waals surface area contributed by atoms with Crippen molar-refractivity contribution in [3.8, 4) is 0 Å². The minimum Gasteiger partial charge on any atom is -0.423 e. The van der Waals surface area contributed by atoms with Gasteiger partial charge < -0.3 is 14.4 Å². The van der Waals surface area contributed by atoms with Gasteiger partial charge in [-0.15, -0.1) is 0 Å². The largest absolute Gasteiger partial charge is 0.423 e. The maximum Gasteiger partial charge on any atom is 0.298 e. The van der Waals surface area contributed by atoms with E-state index in [0.29, 0.717) is 11.9 Å². The van der Waals surface area contributed by atoms with Crippen LogP contribution in [0.5, 0.6) is 0 Å². The zero-order valence-corrected chi connectivity index (χ0v) is 9.84. The van der Waals surface area contributed by atoms with Gasteiger partial charge in [-0.2, -0.15) is 4.98 Å². The highest BCUT2D eigenvalue weighted by Gasteiger charge is 2.33. The van der Waals surface area contributed by atoms with Gasteiger partial charge in [-0.3, -0.25) is 0 Å². The number of benzene rings is 1. The lowest BCUT2D eigenvalue weighted by Gasteiger charge is -2.22. The predicted molar refractivity (Wildman–Crippen MR) is 66.0 cm³/mol. The molecule has 2 heterocycles. The molecule has 0 bridgehead atoms. The van der Waals surface area contributed by atoms with Gasteiger partial charge in [-0.05, 0) is 24.5 Å². The van der Waals surface area contributed by atoms with Crippen LogP contribution in [0.2, 0.25) is 0 Å². The van der Waals surface area contributed by atoms with Crippen molar-refractivity contribution in [3.63, 3.8) is 0 Å². The number of aliphatic hydroxyl groups is 1. The van der Waals surface area contributed by atoms with E-state index in [1.807, 2.05) is 24.3 Å². The summed E-state index contributed by atoms with van der Waals surface area (Å²) in [6, 6.07) is 8.51. The Hall–Kier alpha value is -1.55. The van der Waals surface area contributed by atoms with Crippen LogP contribution in [0.4, 0.5) is 6.01 Å². The molecule has 0 aliphatic carbocycles. The minimum absolute atomic E-state index is 0.128. The Morgan fingerprint density at radius 2 is 2.29 bits per heavy atom. The van der Waals surface area contributed by atoms with Gasteiger partial charge in [0.15, 0.2) is 5.58 Å². The van der Waals surface area contributed by atoms with E-state index in [4.69, 9.17) is 4.42 Å². The van der Waals surface area contributed by atoms with E-state index in [0.717, 1.165) is 24.1 Å². The summed E-state index contributed by atoms with van der Waals surface area (Å²) < 4.78 is 5.74. The average molecular weight is 232 g/mol. The topological polar surface area (TPSA) is 49.5 Å². The zero-order chi connectivity index (χ0) is 11.8. The number of hydrogen-bond donors (Lipinski definition) is 1. The summed E-state index contributed by atoms with van der Waals surface area (Å²) in [4.78, 5) is 6.55. The van der Waals surface area contributed by atoms with Crippen LogP contribution in [0, 0.1) is 5.92 Å². The Morgan fingerprint density at radius 1 is 1.47 bits per heavy atom. The van der Waals surface area contributed by atoms with Gasteiger partial charge in [-0.1, -0.05) is 19.1 Å². The van der Waals surface area contributed by atoms with Gasteiger partial charge in [0.05, 0.1) is 12.6 Å². The van der Waals surface area contributed by atoms with Gasteiger partial charge in [0.2, 0.25) is 0 Å². The molecule has 1 aromatic carbocycles. The van der Waals surface area contributed by atoms with Crippen molar-refractivity contribution in [2.24, 2.45) is 5.92 Å². The molecular weight excluding hydrogens is 216 g/mol. The second-order valence-corrected chi connectivity index (χ2v) is 4.67. The van der Waals surface area contributed by atoms with Gasteiger partial charge >= 0.3 is 0 Å².